The Morgan fingerprint density at radius 1 is 1.00 bits per heavy atom. The fraction of sp³-hybridized carbons (Fsp3) is 0.381. The van der Waals surface area contributed by atoms with E-state index in [0.29, 0.717) is 18.1 Å². The minimum Gasteiger partial charge on any atom is -0.493 e. The van der Waals surface area contributed by atoms with E-state index in [9.17, 15) is 0 Å². The molecule has 0 amide bonds. The summed E-state index contributed by atoms with van der Waals surface area (Å²) in [6.07, 6.45) is 1.02. The molecule has 1 N–H and O–H groups in total. The van der Waals surface area contributed by atoms with Gasteiger partial charge in [-0.2, -0.15) is 5.26 Å². The van der Waals surface area contributed by atoms with Crippen LogP contribution in [0.4, 0.5) is 0 Å². The van der Waals surface area contributed by atoms with Gasteiger partial charge in [-0.1, -0.05) is 32.0 Å². The smallest absolute Gasteiger partial charge is 0.161 e. The zero-order valence-electron chi connectivity index (χ0n) is 15.2. The summed E-state index contributed by atoms with van der Waals surface area (Å²) >= 11 is 0. The lowest BCUT2D eigenvalue weighted by Crippen LogP contribution is -2.12. The summed E-state index contributed by atoms with van der Waals surface area (Å²) in [6.45, 7) is 6.56. The Morgan fingerprint density at radius 3 is 2.32 bits per heavy atom. The summed E-state index contributed by atoms with van der Waals surface area (Å²) in [5.74, 6) is 2.18. The normalized spacial score (nSPS) is 10.5. The molecular formula is C21H26N2O2. The van der Waals surface area contributed by atoms with Crippen molar-refractivity contribution in [2.75, 3.05) is 13.7 Å². The molecule has 0 heterocycles. The number of rotatable bonds is 9. The van der Waals surface area contributed by atoms with Gasteiger partial charge in [0.15, 0.2) is 11.5 Å². The average molecular weight is 338 g/mol. The van der Waals surface area contributed by atoms with Gasteiger partial charge in [-0.25, -0.2) is 0 Å². The molecule has 25 heavy (non-hydrogen) atoms. The Bertz CT molecular complexity index is 703. The van der Waals surface area contributed by atoms with Gasteiger partial charge in [0.25, 0.3) is 0 Å². The summed E-state index contributed by atoms with van der Waals surface area (Å²) in [7, 11) is 1.67. The van der Waals surface area contributed by atoms with E-state index in [2.05, 4.69) is 31.3 Å². The molecule has 0 radical (unpaired) electrons. The first kappa shape index (κ1) is 18.8. The minimum absolute atomic E-state index is 0.622. The molecule has 0 unspecified atom stereocenters. The molecule has 0 aliphatic carbocycles. The van der Waals surface area contributed by atoms with Gasteiger partial charge in [0.05, 0.1) is 25.3 Å². The number of methoxy groups -OCH3 is 1. The lowest BCUT2D eigenvalue weighted by Gasteiger charge is -2.13. The topological polar surface area (TPSA) is 54.3 Å². The van der Waals surface area contributed by atoms with Crippen LogP contribution in [0.25, 0.3) is 0 Å². The number of hydrogen-bond donors (Lipinski definition) is 1. The maximum absolute atomic E-state index is 8.82. The third kappa shape index (κ3) is 6.13. The molecule has 132 valence electrons. The van der Waals surface area contributed by atoms with E-state index >= 15 is 0 Å². The maximum Gasteiger partial charge on any atom is 0.161 e. The van der Waals surface area contributed by atoms with Crippen molar-refractivity contribution in [1.82, 2.24) is 5.32 Å². The fourth-order valence-corrected chi connectivity index (χ4v) is 2.39. The van der Waals surface area contributed by atoms with Gasteiger partial charge in [0.2, 0.25) is 0 Å². The lowest BCUT2D eigenvalue weighted by atomic mass is 10.1. The highest BCUT2D eigenvalue weighted by Gasteiger charge is 2.06. The van der Waals surface area contributed by atoms with Crippen molar-refractivity contribution >= 4 is 0 Å². The van der Waals surface area contributed by atoms with E-state index in [0.717, 1.165) is 42.1 Å². The SMILES string of the molecule is COc1cc(CNCc2ccc(C#N)cc2)ccc1OCCC(C)C. The molecule has 2 aromatic carbocycles. The molecule has 2 aromatic rings. The van der Waals surface area contributed by atoms with Crippen LogP contribution in [0.3, 0.4) is 0 Å². The highest BCUT2D eigenvalue weighted by Crippen LogP contribution is 2.28. The van der Waals surface area contributed by atoms with Crippen LogP contribution >= 0.6 is 0 Å². The molecule has 0 saturated carbocycles. The molecule has 4 nitrogen and oxygen atoms in total. The summed E-state index contributed by atoms with van der Waals surface area (Å²) in [5.41, 5.74) is 2.97. The number of ether oxygens (including phenoxy) is 2. The van der Waals surface area contributed by atoms with Crippen LogP contribution in [-0.2, 0) is 13.1 Å². The van der Waals surface area contributed by atoms with Crippen LogP contribution < -0.4 is 14.8 Å². The van der Waals surface area contributed by atoms with E-state index in [1.807, 2.05) is 36.4 Å². The van der Waals surface area contributed by atoms with E-state index in [-0.39, 0.29) is 0 Å². The van der Waals surface area contributed by atoms with Crippen molar-refractivity contribution < 1.29 is 9.47 Å². The van der Waals surface area contributed by atoms with Crippen molar-refractivity contribution in [2.45, 2.75) is 33.4 Å². The van der Waals surface area contributed by atoms with Crippen molar-refractivity contribution in [3.8, 4) is 17.6 Å². The minimum atomic E-state index is 0.622. The van der Waals surface area contributed by atoms with Crippen LogP contribution in [-0.4, -0.2) is 13.7 Å². The zero-order chi connectivity index (χ0) is 18.1. The maximum atomic E-state index is 8.82. The van der Waals surface area contributed by atoms with Gasteiger partial charge < -0.3 is 14.8 Å². The second-order valence-electron chi connectivity index (χ2n) is 6.43. The van der Waals surface area contributed by atoms with Crippen LogP contribution in [0.2, 0.25) is 0 Å². The Balaban J connectivity index is 1.88. The molecule has 2 rings (SSSR count). The Labute approximate surface area is 150 Å². The van der Waals surface area contributed by atoms with Crippen molar-refractivity contribution in [2.24, 2.45) is 5.92 Å². The molecule has 0 spiro atoms. The number of hydrogen-bond acceptors (Lipinski definition) is 4. The second-order valence-corrected chi connectivity index (χ2v) is 6.43. The van der Waals surface area contributed by atoms with Crippen molar-refractivity contribution in [3.63, 3.8) is 0 Å². The molecule has 4 heteroatoms. The van der Waals surface area contributed by atoms with E-state index in [1.165, 1.54) is 0 Å². The first-order valence-electron chi connectivity index (χ1n) is 8.62. The van der Waals surface area contributed by atoms with Gasteiger partial charge in [0.1, 0.15) is 0 Å². The van der Waals surface area contributed by atoms with Gasteiger partial charge in [-0.3, -0.25) is 0 Å². The van der Waals surface area contributed by atoms with Gasteiger partial charge in [-0.15, -0.1) is 0 Å². The third-order valence-electron chi connectivity index (χ3n) is 3.92. The highest BCUT2D eigenvalue weighted by molar-refractivity contribution is 5.43. The summed E-state index contributed by atoms with van der Waals surface area (Å²) in [6, 6.07) is 15.8. The standard InChI is InChI=1S/C21H26N2O2/c1-16(2)10-11-25-20-9-8-19(12-21(20)24-3)15-23-14-18-6-4-17(13-22)5-7-18/h4-9,12,16,23H,10-11,14-15H2,1-3H3. The van der Waals surface area contributed by atoms with Crippen molar-refractivity contribution in [1.29, 1.82) is 5.26 Å². The third-order valence-corrected chi connectivity index (χ3v) is 3.92. The summed E-state index contributed by atoms with van der Waals surface area (Å²) in [4.78, 5) is 0. The number of benzene rings is 2. The van der Waals surface area contributed by atoms with Crippen LogP contribution in [0.5, 0.6) is 11.5 Å². The van der Waals surface area contributed by atoms with Gasteiger partial charge in [-0.05, 0) is 47.7 Å². The predicted molar refractivity (Wildman–Crippen MR) is 99.6 cm³/mol. The molecule has 0 saturated heterocycles. The number of nitrogens with one attached hydrogen (secondary N) is 1. The van der Waals surface area contributed by atoms with Crippen LogP contribution in [0, 0.1) is 17.2 Å². The quantitative estimate of drug-likeness (QED) is 0.741. The molecule has 0 aromatic heterocycles. The number of nitrogens with zero attached hydrogens (tertiary/aromatic N) is 1. The van der Waals surface area contributed by atoms with Crippen LogP contribution in [0.1, 0.15) is 37.0 Å². The summed E-state index contributed by atoms with van der Waals surface area (Å²) in [5, 5.41) is 12.2. The molecule has 0 aliphatic heterocycles. The Kier molecular flexibility index (Phi) is 7.31. The van der Waals surface area contributed by atoms with E-state index in [4.69, 9.17) is 14.7 Å². The van der Waals surface area contributed by atoms with Crippen LogP contribution in [0.15, 0.2) is 42.5 Å². The van der Waals surface area contributed by atoms with Gasteiger partial charge >= 0.3 is 0 Å². The first-order valence-corrected chi connectivity index (χ1v) is 8.62. The zero-order valence-corrected chi connectivity index (χ0v) is 15.2. The molecule has 0 bridgehead atoms. The largest absolute Gasteiger partial charge is 0.493 e. The first-order chi connectivity index (χ1) is 12.1. The Morgan fingerprint density at radius 2 is 1.68 bits per heavy atom. The lowest BCUT2D eigenvalue weighted by molar-refractivity contribution is 0.273. The molecular weight excluding hydrogens is 312 g/mol. The Hall–Kier alpha value is -2.51. The van der Waals surface area contributed by atoms with E-state index in [1.54, 1.807) is 7.11 Å². The molecule has 0 fully saturated rings. The monoisotopic (exact) mass is 338 g/mol. The summed E-state index contributed by atoms with van der Waals surface area (Å²) < 4.78 is 11.3. The fourth-order valence-electron chi connectivity index (χ4n) is 2.39. The molecule has 0 aliphatic rings. The second kappa shape index (κ2) is 9.71. The molecule has 0 atom stereocenters. The van der Waals surface area contributed by atoms with Crippen molar-refractivity contribution in [3.05, 3.63) is 59.2 Å². The predicted octanol–water partition coefficient (Wildman–Crippen LogP) is 4.28. The number of nitriles is 1. The average Bonchev–Trinajstić information content (AvgIpc) is 2.63. The highest BCUT2D eigenvalue weighted by atomic mass is 16.5. The van der Waals surface area contributed by atoms with Gasteiger partial charge in [0, 0.05) is 13.1 Å². The van der Waals surface area contributed by atoms with E-state index < -0.39 is 0 Å².